The van der Waals surface area contributed by atoms with E-state index in [1.807, 2.05) is 17.5 Å². The summed E-state index contributed by atoms with van der Waals surface area (Å²) in [6.07, 6.45) is 0. The van der Waals surface area contributed by atoms with E-state index in [0.29, 0.717) is 0 Å². The van der Waals surface area contributed by atoms with Crippen LogP contribution < -0.4 is 0 Å². The van der Waals surface area contributed by atoms with Gasteiger partial charge >= 0.3 is 11.9 Å². The highest BCUT2D eigenvalue weighted by Crippen LogP contribution is 2.29. The van der Waals surface area contributed by atoms with Crippen molar-refractivity contribution in [3.63, 3.8) is 0 Å². The maximum absolute atomic E-state index is 11.5. The van der Waals surface area contributed by atoms with E-state index >= 15 is 0 Å². The van der Waals surface area contributed by atoms with Crippen molar-refractivity contribution in [2.75, 3.05) is 6.61 Å². The number of hydrogen-bond donors (Lipinski definition) is 1. The fourth-order valence-electron chi connectivity index (χ4n) is 1.47. The Morgan fingerprint density at radius 1 is 1.56 bits per heavy atom. The predicted molar refractivity (Wildman–Crippen MR) is 60.5 cm³/mol. The molecule has 0 aromatic carbocycles. The topological polar surface area (TPSA) is 63.6 Å². The van der Waals surface area contributed by atoms with Crippen LogP contribution in [-0.2, 0) is 14.3 Å². The molecule has 5 heteroatoms. The van der Waals surface area contributed by atoms with Gasteiger partial charge in [0.1, 0.15) is 0 Å². The molecule has 1 aromatic rings. The van der Waals surface area contributed by atoms with E-state index in [0.717, 1.165) is 4.88 Å². The Hall–Kier alpha value is -1.36. The SMILES string of the molecule is CCOC(=O)C(C(=O)O)C(C)c1cccs1. The highest BCUT2D eigenvalue weighted by atomic mass is 32.1. The number of aliphatic carboxylic acids is 1. The van der Waals surface area contributed by atoms with Gasteiger partial charge in [0, 0.05) is 10.8 Å². The van der Waals surface area contributed by atoms with Gasteiger partial charge in [-0.2, -0.15) is 0 Å². The summed E-state index contributed by atoms with van der Waals surface area (Å²) >= 11 is 1.44. The van der Waals surface area contributed by atoms with E-state index in [9.17, 15) is 9.59 Å². The van der Waals surface area contributed by atoms with Crippen LogP contribution in [0, 0.1) is 5.92 Å². The molecular formula is C11H14O4S. The van der Waals surface area contributed by atoms with E-state index in [-0.39, 0.29) is 12.5 Å². The van der Waals surface area contributed by atoms with Crippen LogP contribution in [0.1, 0.15) is 24.6 Å². The zero-order valence-electron chi connectivity index (χ0n) is 9.17. The van der Waals surface area contributed by atoms with E-state index in [1.54, 1.807) is 13.8 Å². The smallest absolute Gasteiger partial charge is 0.320 e. The van der Waals surface area contributed by atoms with E-state index in [2.05, 4.69) is 0 Å². The lowest BCUT2D eigenvalue weighted by Crippen LogP contribution is -2.30. The van der Waals surface area contributed by atoms with Gasteiger partial charge in [-0.25, -0.2) is 0 Å². The molecule has 0 amide bonds. The molecule has 0 saturated carbocycles. The molecule has 88 valence electrons. The second kappa shape index (κ2) is 5.65. The van der Waals surface area contributed by atoms with E-state index in [1.165, 1.54) is 11.3 Å². The highest BCUT2D eigenvalue weighted by molar-refractivity contribution is 7.10. The minimum absolute atomic E-state index is 0.194. The second-order valence-electron chi connectivity index (χ2n) is 3.37. The Labute approximate surface area is 97.9 Å². The Morgan fingerprint density at radius 3 is 2.69 bits per heavy atom. The molecule has 2 atom stereocenters. The van der Waals surface area contributed by atoms with Crippen LogP contribution in [0.25, 0.3) is 0 Å². The van der Waals surface area contributed by atoms with Gasteiger partial charge in [-0.3, -0.25) is 9.59 Å². The van der Waals surface area contributed by atoms with Crippen molar-refractivity contribution in [2.24, 2.45) is 5.92 Å². The van der Waals surface area contributed by atoms with Crippen LogP contribution in [0.4, 0.5) is 0 Å². The summed E-state index contributed by atoms with van der Waals surface area (Å²) in [6, 6.07) is 3.66. The van der Waals surface area contributed by atoms with Crippen LogP contribution in [0.15, 0.2) is 17.5 Å². The number of esters is 1. The third-order valence-corrected chi connectivity index (χ3v) is 3.37. The van der Waals surface area contributed by atoms with Crippen LogP contribution in [0.2, 0.25) is 0 Å². The monoisotopic (exact) mass is 242 g/mol. The minimum atomic E-state index is -1.14. The lowest BCUT2D eigenvalue weighted by Gasteiger charge is -2.17. The molecular weight excluding hydrogens is 228 g/mol. The molecule has 2 unspecified atom stereocenters. The Balaban J connectivity index is 2.86. The summed E-state index contributed by atoms with van der Waals surface area (Å²) in [7, 11) is 0. The molecule has 1 heterocycles. The van der Waals surface area contributed by atoms with Crippen molar-refractivity contribution >= 4 is 23.3 Å². The number of carboxylic acids is 1. The van der Waals surface area contributed by atoms with Gasteiger partial charge in [-0.15, -0.1) is 11.3 Å². The average molecular weight is 242 g/mol. The number of carbonyl (C=O) groups is 2. The molecule has 0 radical (unpaired) electrons. The second-order valence-corrected chi connectivity index (χ2v) is 4.35. The molecule has 0 fully saturated rings. The molecule has 1 rings (SSSR count). The highest BCUT2D eigenvalue weighted by Gasteiger charge is 2.34. The molecule has 0 aliphatic rings. The zero-order chi connectivity index (χ0) is 12.1. The first-order chi connectivity index (χ1) is 7.57. The van der Waals surface area contributed by atoms with Gasteiger partial charge in [0.25, 0.3) is 0 Å². The van der Waals surface area contributed by atoms with Gasteiger partial charge in [0.15, 0.2) is 5.92 Å². The van der Waals surface area contributed by atoms with Gasteiger partial charge in [0.2, 0.25) is 0 Å². The van der Waals surface area contributed by atoms with Crippen molar-refractivity contribution in [2.45, 2.75) is 19.8 Å². The first-order valence-corrected chi connectivity index (χ1v) is 5.88. The molecule has 0 aliphatic heterocycles. The van der Waals surface area contributed by atoms with Gasteiger partial charge < -0.3 is 9.84 Å². The first kappa shape index (κ1) is 12.7. The number of hydrogen-bond acceptors (Lipinski definition) is 4. The summed E-state index contributed by atoms with van der Waals surface area (Å²) in [4.78, 5) is 23.5. The molecule has 0 bridgehead atoms. The number of ether oxygens (including phenoxy) is 1. The molecule has 1 aromatic heterocycles. The number of carboxylic acid groups (broad SMARTS) is 1. The molecule has 0 aliphatic carbocycles. The summed E-state index contributed by atoms with van der Waals surface area (Å²) in [5.74, 6) is -3.30. The average Bonchev–Trinajstić information content (AvgIpc) is 2.70. The zero-order valence-corrected chi connectivity index (χ0v) is 9.99. The van der Waals surface area contributed by atoms with Crippen LogP contribution in [0.5, 0.6) is 0 Å². The summed E-state index contributed by atoms with van der Waals surface area (Å²) in [5, 5.41) is 10.9. The Morgan fingerprint density at radius 2 is 2.25 bits per heavy atom. The quantitative estimate of drug-likeness (QED) is 0.634. The van der Waals surface area contributed by atoms with E-state index < -0.39 is 17.9 Å². The molecule has 0 saturated heterocycles. The largest absolute Gasteiger partial charge is 0.481 e. The molecule has 0 spiro atoms. The summed E-state index contributed by atoms with van der Waals surface area (Å²) < 4.78 is 4.77. The fraction of sp³-hybridized carbons (Fsp3) is 0.455. The Kier molecular flexibility index (Phi) is 4.49. The fourth-order valence-corrected chi connectivity index (χ4v) is 2.29. The van der Waals surface area contributed by atoms with Crippen LogP contribution in [-0.4, -0.2) is 23.7 Å². The van der Waals surface area contributed by atoms with Crippen LogP contribution >= 0.6 is 11.3 Å². The van der Waals surface area contributed by atoms with Gasteiger partial charge in [-0.05, 0) is 18.4 Å². The maximum Gasteiger partial charge on any atom is 0.320 e. The molecule has 4 nitrogen and oxygen atoms in total. The molecule has 16 heavy (non-hydrogen) atoms. The van der Waals surface area contributed by atoms with Crippen molar-refractivity contribution in [1.82, 2.24) is 0 Å². The lowest BCUT2D eigenvalue weighted by atomic mass is 9.93. The summed E-state index contributed by atoms with van der Waals surface area (Å²) in [6.45, 7) is 3.58. The van der Waals surface area contributed by atoms with E-state index in [4.69, 9.17) is 9.84 Å². The lowest BCUT2D eigenvalue weighted by molar-refractivity contribution is -0.159. The first-order valence-electron chi connectivity index (χ1n) is 5.00. The minimum Gasteiger partial charge on any atom is -0.481 e. The standard InChI is InChI=1S/C11H14O4S/c1-3-15-11(14)9(10(12)13)7(2)8-5-4-6-16-8/h4-7,9H,3H2,1-2H3,(H,12,13). The molecule has 1 N–H and O–H groups in total. The number of carbonyl (C=O) groups excluding carboxylic acids is 1. The predicted octanol–water partition coefficient (Wildman–Crippen LogP) is 2.12. The van der Waals surface area contributed by atoms with Crippen LogP contribution in [0.3, 0.4) is 0 Å². The number of rotatable bonds is 5. The van der Waals surface area contributed by atoms with Crippen molar-refractivity contribution in [1.29, 1.82) is 0 Å². The van der Waals surface area contributed by atoms with Gasteiger partial charge in [0.05, 0.1) is 6.61 Å². The number of thiophene rings is 1. The maximum atomic E-state index is 11.5. The normalized spacial score (nSPS) is 14.1. The van der Waals surface area contributed by atoms with Gasteiger partial charge in [-0.1, -0.05) is 13.0 Å². The van der Waals surface area contributed by atoms with Crippen molar-refractivity contribution in [3.05, 3.63) is 22.4 Å². The Bertz CT molecular complexity index is 358. The summed E-state index contributed by atoms with van der Waals surface area (Å²) in [5.41, 5.74) is 0. The third-order valence-electron chi connectivity index (χ3n) is 2.30. The third kappa shape index (κ3) is 2.82. The van der Waals surface area contributed by atoms with Crippen molar-refractivity contribution < 1.29 is 19.4 Å². The van der Waals surface area contributed by atoms with Crippen molar-refractivity contribution in [3.8, 4) is 0 Å².